The Morgan fingerprint density at radius 2 is 2.22 bits per heavy atom. The lowest BCUT2D eigenvalue weighted by Crippen LogP contribution is -2.37. The molecule has 0 radical (unpaired) electrons. The van der Waals surface area contributed by atoms with Gasteiger partial charge in [-0.05, 0) is 30.9 Å². The van der Waals surface area contributed by atoms with Crippen LogP contribution in [-0.2, 0) is 20.6 Å². The molecule has 2 fully saturated rings. The lowest BCUT2D eigenvalue weighted by Gasteiger charge is -2.23. The molecule has 126 valence electrons. The molecule has 0 spiro atoms. The Kier molecular flexibility index (Phi) is 4.14. The third-order valence-corrected chi connectivity index (χ3v) is 7.12. The van der Waals surface area contributed by atoms with Crippen LogP contribution < -0.4 is 0 Å². The maximum absolute atomic E-state index is 13.8. The van der Waals surface area contributed by atoms with Crippen molar-refractivity contribution in [3.63, 3.8) is 0 Å². The molecule has 1 saturated carbocycles. The van der Waals surface area contributed by atoms with Crippen molar-refractivity contribution in [1.82, 2.24) is 4.31 Å². The first kappa shape index (κ1) is 16.7. The van der Waals surface area contributed by atoms with E-state index in [4.69, 9.17) is 11.6 Å². The molecule has 0 aromatic heterocycles. The van der Waals surface area contributed by atoms with Crippen LogP contribution in [0.2, 0.25) is 5.02 Å². The topological polar surface area (TPSA) is 74.7 Å². The number of carboxylic acid groups (broad SMARTS) is 1. The molecule has 1 aromatic rings. The number of hydrogen-bond donors (Lipinski definition) is 1. The van der Waals surface area contributed by atoms with Crippen LogP contribution in [0.15, 0.2) is 18.2 Å². The summed E-state index contributed by atoms with van der Waals surface area (Å²) in [7, 11) is -3.83. The zero-order valence-electron chi connectivity index (χ0n) is 12.3. The highest BCUT2D eigenvalue weighted by Gasteiger charge is 2.57. The summed E-state index contributed by atoms with van der Waals surface area (Å²) >= 11 is 5.90. The van der Waals surface area contributed by atoms with Crippen LogP contribution in [0, 0.1) is 17.2 Å². The minimum absolute atomic E-state index is 0.0403. The van der Waals surface area contributed by atoms with Crippen LogP contribution in [0.4, 0.5) is 4.39 Å². The number of nitrogens with zero attached hydrogens (tertiary/aromatic N) is 1. The third kappa shape index (κ3) is 2.75. The van der Waals surface area contributed by atoms with E-state index in [-0.39, 0.29) is 29.6 Å². The second-order valence-corrected chi connectivity index (χ2v) is 8.68. The molecule has 23 heavy (non-hydrogen) atoms. The van der Waals surface area contributed by atoms with E-state index in [0.29, 0.717) is 12.8 Å². The van der Waals surface area contributed by atoms with Crippen LogP contribution in [-0.4, -0.2) is 36.9 Å². The third-order valence-electron chi connectivity index (χ3n) is 5.05. The Labute approximate surface area is 139 Å². The van der Waals surface area contributed by atoms with Gasteiger partial charge < -0.3 is 5.11 Å². The Bertz CT molecular complexity index is 734. The van der Waals surface area contributed by atoms with Crippen molar-refractivity contribution >= 4 is 27.6 Å². The molecule has 5 nitrogen and oxygen atoms in total. The Balaban J connectivity index is 1.86. The summed E-state index contributed by atoms with van der Waals surface area (Å²) in [6, 6.07) is 4.01. The van der Waals surface area contributed by atoms with Gasteiger partial charge in [-0.3, -0.25) is 4.79 Å². The molecular weight excluding hydrogens is 345 g/mol. The van der Waals surface area contributed by atoms with Crippen LogP contribution in [0.1, 0.15) is 24.8 Å². The monoisotopic (exact) mass is 361 g/mol. The number of benzene rings is 1. The van der Waals surface area contributed by atoms with Gasteiger partial charge in [-0.15, -0.1) is 0 Å². The van der Waals surface area contributed by atoms with E-state index in [9.17, 15) is 22.7 Å². The van der Waals surface area contributed by atoms with E-state index in [1.54, 1.807) is 0 Å². The van der Waals surface area contributed by atoms with Gasteiger partial charge in [0.25, 0.3) is 0 Å². The predicted octanol–water partition coefficient (Wildman–Crippen LogP) is 2.50. The van der Waals surface area contributed by atoms with Gasteiger partial charge in [0, 0.05) is 23.7 Å². The van der Waals surface area contributed by atoms with Crippen molar-refractivity contribution in [1.29, 1.82) is 0 Å². The van der Waals surface area contributed by atoms with Crippen molar-refractivity contribution in [2.24, 2.45) is 11.3 Å². The van der Waals surface area contributed by atoms with Crippen molar-refractivity contribution in [3.05, 3.63) is 34.6 Å². The summed E-state index contributed by atoms with van der Waals surface area (Å²) < 4.78 is 40.2. The first-order valence-electron chi connectivity index (χ1n) is 7.40. The average Bonchev–Trinajstić information content (AvgIpc) is 3.01. The zero-order chi connectivity index (χ0) is 16.8. The molecular formula is C15H17ClFNO4S. The number of aliphatic carboxylic acids is 1. The first-order valence-corrected chi connectivity index (χ1v) is 9.39. The second kappa shape index (κ2) is 5.72. The fourth-order valence-corrected chi connectivity index (χ4v) is 5.73. The summed E-state index contributed by atoms with van der Waals surface area (Å²) in [6.45, 7) is 0.141. The molecule has 1 N–H and O–H groups in total. The number of rotatable bonds is 4. The van der Waals surface area contributed by atoms with Crippen molar-refractivity contribution in [3.8, 4) is 0 Å². The van der Waals surface area contributed by atoms with Gasteiger partial charge in [0.2, 0.25) is 10.0 Å². The molecule has 3 rings (SSSR count). The molecule has 0 unspecified atom stereocenters. The van der Waals surface area contributed by atoms with Gasteiger partial charge in [0.05, 0.1) is 11.2 Å². The molecule has 1 aliphatic carbocycles. The van der Waals surface area contributed by atoms with Gasteiger partial charge in [-0.1, -0.05) is 24.1 Å². The Hall–Kier alpha value is -1.18. The molecule has 1 aromatic carbocycles. The van der Waals surface area contributed by atoms with E-state index in [1.807, 2.05) is 0 Å². The van der Waals surface area contributed by atoms with Crippen LogP contribution in [0.3, 0.4) is 0 Å². The quantitative estimate of drug-likeness (QED) is 0.894. The van der Waals surface area contributed by atoms with Crippen LogP contribution >= 0.6 is 11.6 Å². The van der Waals surface area contributed by atoms with Crippen molar-refractivity contribution < 1.29 is 22.7 Å². The highest BCUT2D eigenvalue weighted by molar-refractivity contribution is 7.88. The lowest BCUT2D eigenvalue weighted by molar-refractivity contribution is -0.149. The predicted molar refractivity (Wildman–Crippen MR) is 83.0 cm³/mol. The maximum Gasteiger partial charge on any atom is 0.311 e. The average molecular weight is 362 g/mol. The fraction of sp³-hybridized carbons (Fsp3) is 0.533. The number of halogens is 2. The molecule has 0 amide bonds. The van der Waals surface area contributed by atoms with E-state index >= 15 is 0 Å². The largest absolute Gasteiger partial charge is 0.481 e. The number of fused-ring (bicyclic) bond motifs is 1. The molecule has 1 saturated heterocycles. The molecule has 0 bridgehead atoms. The number of hydrogen-bond acceptors (Lipinski definition) is 3. The maximum atomic E-state index is 13.8. The minimum Gasteiger partial charge on any atom is -0.481 e. The number of carboxylic acids is 1. The van der Waals surface area contributed by atoms with Gasteiger partial charge in [-0.25, -0.2) is 17.1 Å². The SMILES string of the molecule is O=C(O)[C@@]12CCC[C@H]1CN(S(=O)(=O)Cc1c(F)cccc1Cl)C2. The molecule has 1 aliphatic heterocycles. The van der Waals surface area contributed by atoms with Crippen LogP contribution in [0.25, 0.3) is 0 Å². The van der Waals surface area contributed by atoms with Gasteiger partial charge in [0.15, 0.2) is 0 Å². The van der Waals surface area contributed by atoms with Crippen LogP contribution in [0.5, 0.6) is 0 Å². The summed E-state index contributed by atoms with van der Waals surface area (Å²) in [5.74, 6) is -2.35. The number of sulfonamides is 1. The fourth-order valence-electron chi connectivity index (χ4n) is 3.75. The smallest absolute Gasteiger partial charge is 0.311 e. The summed E-state index contributed by atoms with van der Waals surface area (Å²) in [5, 5.41) is 9.59. The summed E-state index contributed by atoms with van der Waals surface area (Å²) in [4.78, 5) is 11.6. The normalized spacial score (nSPS) is 28.0. The molecule has 8 heteroatoms. The van der Waals surface area contributed by atoms with E-state index < -0.39 is 33.0 Å². The summed E-state index contributed by atoms with van der Waals surface area (Å²) in [6.07, 6.45) is 1.99. The standard InChI is InChI=1S/C15H17ClFNO4S/c16-12-4-1-5-13(17)11(12)8-23(21,22)18-7-10-3-2-6-15(10,9-18)14(19)20/h1,4-5,10H,2-3,6-9H2,(H,19,20)/t10-,15+/m0/s1. The molecule has 2 aliphatic rings. The van der Waals surface area contributed by atoms with E-state index in [0.717, 1.165) is 12.5 Å². The second-order valence-electron chi connectivity index (χ2n) is 6.30. The van der Waals surface area contributed by atoms with Crippen molar-refractivity contribution in [2.45, 2.75) is 25.0 Å². The highest BCUT2D eigenvalue weighted by atomic mass is 35.5. The summed E-state index contributed by atoms with van der Waals surface area (Å²) in [5.41, 5.74) is -1.07. The lowest BCUT2D eigenvalue weighted by atomic mass is 9.81. The molecule has 1 heterocycles. The Morgan fingerprint density at radius 3 is 2.83 bits per heavy atom. The zero-order valence-corrected chi connectivity index (χ0v) is 13.9. The van der Waals surface area contributed by atoms with Crippen molar-refractivity contribution in [2.75, 3.05) is 13.1 Å². The molecule has 2 atom stereocenters. The van der Waals surface area contributed by atoms with E-state index in [1.165, 1.54) is 16.4 Å². The van der Waals surface area contributed by atoms with Gasteiger partial charge in [0.1, 0.15) is 5.82 Å². The van der Waals surface area contributed by atoms with E-state index in [2.05, 4.69) is 0 Å². The minimum atomic E-state index is -3.83. The first-order chi connectivity index (χ1) is 10.8. The van der Waals surface area contributed by atoms with Gasteiger partial charge >= 0.3 is 5.97 Å². The highest BCUT2D eigenvalue weighted by Crippen LogP contribution is 2.49. The number of carbonyl (C=O) groups is 1. The van der Waals surface area contributed by atoms with Gasteiger partial charge in [-0.2, -0.15) is 0 Å². The Morgan fingerprint density at radius 1 is 1.48 bits per heavy atom.